The van der Waals surface area contributed by atoms with Crippen molar-refractivity contribution < 1.29 is 18.7 Å². The number of nitrogens with zero attached hydrogens (tertiary/aromatic N) is 1. The van der Waals surface area contributed by atoms with Crippen LogP contribution in [0.2, 0.25) is 0 Å². The van der Waals surface area contributed by atoms with Crippen molar-refractivity contribution in [2.75, 3.05) is 12.4 Å². The molecular formula is C31H33FN2O3S. The van der Waals surface area contributed by atoms with Crippen molar-refractivity contribution in [1.29, 1.82) is 0 Å². The number of rotatable bonds is 8. The quantitative estimate of drug-likeness (QED) is 0.309. The smallest absolute Gasteiger partial charge is 0.262 e. The Morgan fingerprint density at radius 2 is 1.84 bits per heavy atom. The second-order valence-corrected chi connectivity index (χ2v) is 11.0. The van der Waals surface area contributed by atoms with Gasteiger partial charge in [0.25, 0.3) is 5.91 Å². The first-order chi connectivity index (χ1) is 18.5. The SMILES string of the molecule is COc1cc(/C=C2\SC(Nc3ccccc3)N([C@@H]3CCCC[C@H]3C)C2=O)ccc1OCc1cccc(F)c1. The van der Waals surface area contributed by atoms with Gasteiger partial charge >= 0.3 is 0 Å². The van der Waals surface area contributed by atoms with Crippen LogP contribution in [0.25, 0.3) is 6.08 Å². The first kappa shape index (κ1) is 26.2. The normalized spacial score (nSPS) is 22.5. The van der Waals surface area contributed by atoms with E-state index in [1.54, 1.807) is 24.9 Å². The molecule has 5 nitrogen and oxygen atoms in total. The van der Waals surface area contributed by atoms with E-state index in [1.807, 2.05) is 60.7 Å². The molecule has 0 spiro atoms. The van der Waals surface area contributed by atoms with Crippen molar-refractivity contribution in [2.24, 2.45) is 5.92 Å². The molecule has 3 atom stereocenters. The summed E-state index contributed by atoms with van der Waals surface area (Å²) in [5, 5.41) is 3.58. The Bertz CT molecular complexity index is 1300. The number of carbonyl (C=O) groups is 1. The van der Waals surface area contributed by atoms with Crippen molar-refractivity contribution in [2.45, 2.75) is 50.8 Å². The maximum absolute atomic E-state index is 13.8. The van der Waals surface area contributed by atoms with E-state index in [0.29, 0.717) is 22.3 Å². The molecule has 5 rings (SSSR count). The van der Waals surface area contributed by atoms with E-state index < -0.39 is 0 Å². The monoisotopic (exact) mass is 532 g/mol. The maximum Gasteiger partial charge on any atom is 0.262 e. The summed E-state index contributed by atoms with van der Waals surface area (Å²) in [5.41, 5.74) is 2.42. The van der Waals surface area contributed by atoms with Crippen LogP contribution in [0.15, 0.2) is 77.7 Å². The first-order valence-corrected chi connectivity index (χ1v) is 14.0. The van der Waals surface area contributed by atoms with Crippen LogP contribution in [0.3, 0.4) is 0 Å². The fourth-order valence-electron chi connectivity index (χ4n) is 5.20. The molecule has 1 aliphatic carbocycles. The lowest BCUT2D eigenvalue weighted by atomic mass is 9.85. The van der Waals surface area contributed by atoms with Gasteiger partial charge in [-0.1, -0.05) is 67.9 Å². The molecule has 1 saturated heterocycles. The number of carbonyl (C=O) groups excluding carboxylic acids is 1. The Labute approximate surface area is 228 Å². The molecule has 3 aromatic rings. The largest absolute Gasteiger partial charge is 0.493 e. The number of benzene rings is 3. The van der Waals surface area contributed by atoms with Gasteiger partial charge in [0, 0.05) is 11.7 Å². The van der Waals surface area contributed by atoms with Crippen LogP contribution in [0.1, 0.15) is 43.7 Å². The average Bonchev–Trinajstić information content (AvgIpc) is 3.22. The molecule has 1 N–H and O–H groups in total. The third kappa shape index (κ3) is 5.99. The average molecular weight is 533 g/mol. The number of methoxy groups -OCH3 is 1. The number of thioether (sulfide) groups is 1. The molecule has 7 heteroatoms. The molecule has 3 aromatic carbocycles. The summed E-state index contributed by atoms with van der Waals surface area (Å²) in [6.07, 6.45) is 6.47. The molecule has 1 amide bonds. The Hall–Kier alpha value is -3.45. The van der Waals surface area contributed by atoms with Crippen molar-refractivity contribution in [3.8, 4) is 11.5 Å². The van der Waals surface area contributed by atoms with Crippen molar-refractivity contribution >= 4 is 29.4 Å². The lowest BCUT2D eigenvalue weighted by molar-refractivity contribution is -0.129. The Balaban J connectivity index is 1.37. The molecule has 198 valence electrons. The summed E-state index contributed by atoms with van der Waals surface area (Å²) in [7, 11) is 1.59. The molecule has 0 bridgehead atoms. The standard InChI is InChI=1S/C31H33FN2O3S/c1-21-9-6-7-14-26(21)34-30(35)29(38-31(34)33-25-12-4-3-5-13-25)19-22-15-16-27(28(18-22)36-2)37-20-23-10-8-11-24(32)17-23/h3-5,8,10-13,15-19,21,26,31,33H,6-7,9,14,20H2,1-2H3/b29-19-/t21-,26-,31?/m1/s1. The molecule has 1 heterocycles. The summed E-state index contributed by atoms with van der Waals surface area (Å²) >= 11 is 1.56. The molecule has 1 unspecified atom stereocenters. The van der Waals surface area contributed by atoms with Crippen LogP contribution in [0.5, 0.6) is 11.5 Å². The fraction of sp³-hybridized carbons (Fsp3) is 0.323. The zero-order valence-corrected chi connectivity index (χ0v) is 22.5. The summed E-state index contributed by atoms with van der Waals surface area (Å²) in [4.78, 5) is 16.5. The van der Waals surface area contributed by atoms with E-state index >= 15 is 0 Å². The molecule has 38 heavy (non-hydrogen) atoms. The Kier molecular flexibility index (Phi) is 8.23. The van der Waals surface area contributed by atoms with Crippen LogP contribution in [0.4, 0.5) is 10.1 Å². The molecule has 0 radical (unpaired) electrons. The van der Waals surface area contributed by atoms with Gasteiger partial charge in [0.05, 0.1) is 12.0 Å². The van der Waals surface area contributed by atoms with Gasteiger partial charge in [-0.3, -0.25) is 4.79 Å². The van der Waals surface area contributed by atoms with Gasteiger partial charge in [0.1, 0.15) is 12.4 Å². The van der Waals surface area contributed by atoms with E-state index in [4.69, 9.17) is 9.47 Å². The summed E-state index contributed by atoms with van der Waals surface area (Å²) < 4.78 is 25.0. The fourth-order valence-corrected chi connectivity index (χ4v) is 6.41. The van der Waals surface area contributed by atoms with Gasteiger partial charge in [-0.2, -0.15) is 0 Å². The molecule has 0 aromatic heterocycles. The van der Waals surface area contributed by atoms with Crippen LogP contribution < -0.4 is 14.8 Å². The van der Waals surface area contributed by atoms with Gasteiger partial charge in [-0.15, -0.1) is 0 Å². The number of anilines is 1. The maximum atomic E-state index is 13.8. The van der Waals surface area contributed by atoms with Crippen LogP contribution in [-0.4, -0.2) is 29.5 Å². The predicted octanol–water partition coefficient (Wildman–Crippen LogP) is 7.30. The number of hydrogen-bond acceptors (Lipinski definition) is 5. The molecule has 1 saturated carbocycles. The number of halogens is 1. The molecule has 2 fully saturated rings. The minimum absolute atomic E-state index is 0.0626. The third-order valence-electron chi connectivity index (χ3n) is 7.19. The number of ether oxygens (including phenoxy) is 2. The highest BCUT2D eigenvalue weighted by Crippen LogP contribution is 2.42. The van der Waals surface area contributed by atoms with Gasteiger partial charge in [0.2, 0.25) is 0 Å². The van der Waals surface area contributed by atoms with E-state index in [-0.39, 0.29) is 29.9 Å². The zero-order valence-electron chi connectivity index (χ0n) is 21.7. The summed E-state index contributed by atoms with van der Waals surface area (Å²) in [5.74, 6) is 1.35. The van der Waals surface area contributed by atoms with Crippen molar-refractivity contribution in [1.82, 2.24) is 4.90 Å². The first-order valence-electron chi connectivity index (χ1n) is 13.1. The van der Waals surface area contributed by atoms with E-state index in [2.05, 4.69) is 17.1 Å². The van der Waals surface area contributed by atoms with Gasteiger partial charge < -0.3 is 19.7 Å². The summed E-state index contributed by atoms with van der Waals surface area (Å²) in [6.45, 7) is 2.49. The van der Waals surface area contributed by atoms with Gasteiger partial charge in [-0.05, 0) is 72.4 Å². The number of amides is 1. The predicted molar refractivity (Wildman–Crippen MR) is 151 cm³/mol. The van der Waals surface area contributed by atoms with E-state index in [0.717, 1.165) is 36.1 Å². The second kappa shape index (κ2) is 11.9. The number of hydrogen-bond donors (Lipinski definition) is 1. The van der Waals surface area contributed by atoms with Crippen LogP contribution in [-0.2, 0) is 11.4 Å². The zero-order chi connectivity index (χ0) is 26.5. The lowest BCUT2D eigenvalue weighted by Crippen LogP contribution is -2.48. The molecular weight excluding hydrogens is 499 g/mol. The van der Waals surface area contributed by atoms with Gasteiger partial charge in [0.15, 0.2) is 17.0 Å². The Morgan fingerprint density at radius 3 is 2.61 bits per heavy atom. The molecule has 1 aliphatic heterocycles. The van der Waals surface area contributed by atoms with Crippen LogP contribution in [0, 0.1) is 11.7 Å². The van der Waals surface area contributed by atoms with Crippen LogP contribution >= 0.6 is 11.8 Å². The van der Waals surface area contributed by atoms with Crippen molar-refractivity contribution in [3.05, 3.63) is 94.6 Å². The van der Waals surface area contributed by atoms with Gasteiger partial charge in [-0.25, -0.2) is 4.39 Å². The minimum Gasteiger partial charge on any atom is -0.493 e. The summed E-state index contributed by atoms with van der Waals surface area (Å²) in [6, 6.07) is 22.2. The van der Waals surface area contributed by atoms with Crippen molar-refractivity contribution in [3.63, 3.8) is 0 Å². The number of para-hydroxylation sites is 1. The highest BCUT2D eigenvalue weighted by molar-refractivity contribution is 8.05. The topological polar surface area (TPSA) is 50.8 Å². The minimum atomic E-state index is -0.296. The van der Waals surface area contributed by atoms with E-state index in [1.165, 1.54) is 18.6 Å². The Morgan fingerprint density at radius 1 is 1.03 bits per heavy atom. The van der Waals surface area contributed by atoms with E-state index in [9.17, 15) is 9.18 Å². The highest BCUT2D eigenvalue weighted by Gasteiger charge is 2.42. The second-order valence-electron chi connectivity index (χ2n) is 9.86. The highest BCUT2D eigenvalue weighted by atomic mass is 32.2. The third-order valence-corrected chi connectivity index (χ3v) is 8.31. The number of nitrogens with one attached hydrogen (secondary N) is 1. The lowest BCUT2D eigenvalue weighted by Gasteiger charge is -2.39. The molecule has 2 aliphatic rings.